The molecule has 3 rings (SSSR count). The molecule has 94 valence electrons. The van der Waals surface area contributed by atoms with Crippen LogP contribution in [0.4, 0.5) is 0 Å². The van der Waals surface area contributed by atoms with Crippen molar-refractivity contribution >= 4 is 11.8 Å². The molecular weight excluding hydrogens is 242 g/mol. The van der Waals surface area contributed by atoms with E-state index >= 15 is 0 Å². The highest BCUT2D eigenvalue weighted by Gasteiger charge is 2.48. The van der Waals surface area contributed by atoms with Gasteiger partial charge in [-0.15, -0.1) is 11.8 Å². The van der Waals surface area contributed by atoms with E-state index in [2.05, 4.69) is 16.4 Å². The number of nitrogens with one attached hydrogen (secondary N) is 1. The second-order valence-electron chi connectivity index (χ2n) is 5.25. The first-order chi connectivity index (χ1) is 8.82. The summed E-state index contributed by atoms with van der Waals surface area (Å²) in [5, 5.41) is 13.2. The van der Waals surface area contributed by atoms with Crippen LogP contribution in [0, 0.1) is 17.2 Å². The fourth-order valence-electron chi connectivity index (χ4n) is 2.23. The molecule has 1 aromatic heterocycles. The second kappa shape index (κ2) is 4.91. The van der Waals surface area contributed by atoms with Gasteiger partial charge >= 0.3 is 0 Å². The Hall–Kier alpha value is -1.05. The first kappa shape index (κ1) is 12.0. The largest absolute Gasteiger partial charge is 0.296 e. The van der Waals surface area contributed by atoms with Crippen molar-refractivity contribution in [2.45, 2.75) is 42.2 Å². The van der Waals surface area contributed by atoms with Crippen molar-refractivity contribution in [2.24, 2.45) is 5.92 Å². The minimum Gasteiger partial charge on any atom is -0.296 e. The molecule has 0 saturated heterocycles. The van der Waals surface area contributed by atoms with E-state index in [0.29, 0.717) is 12.0 Å². The molecule has 0 aromatic carbocycles. The van der Waals surface area contributed by atoms with Crippen molar-refractivity contribution in [3.8, 4) is 6.07 Å². The fourth-order valence-corrected chi connectivity index (χ4v) is 3.32. The van der Waals surface area contributed by atoms with Gasteiger partial charge in [-0.05, 0) is 43.7 Å². The first-order valence-electron chi connectivity index (χ1n) is 6.54. The van der Waals surface area contributed by atoms with Crippen LogP contribution in [0.3, 0.4) is 0 Å². The molecule has 3 nitrogen and oxygen atoms in total. The molecule has 2 fully saturated rings. The molecule has 18 heavy (non-hydrogen) atoms. The summed E-state index contributed by atoms with van der Waals surface area (Å²) >= 11 is 1.77. The number of nitriles is 1. The van der Waals surface area contributed by atoms with Crippen LogP contribution >= 0.6 is 11.8 Å². The van der Waals surface area contributed by atoms with Crippen molar-refractivity contribution in [3.05, 3.63) is 24.5 Å². The van der Waals surface area contributed by atoms with E-state index in [0.717, 1.165) is 5.75 Å². The first-order valence-corrected chi connectivity index (χ1v) is 7.53. The average molecular weight is 259 g/mol. The van der Waals surface area contributed by atoms with Crippen molar-refractivity contribution < 1.29 is 0 Å². The minimum absolute atomic E-state index is 0.310. The van der Waals surface area contributed by atoms with Crippen molar-refractivity contribution in [2.75, 3.05) is 5.75 Å². The molecule has 1 N–H and O–H groups in total. The van der Waals surface area contributed by atoms with Crippen LogP contribution in [-0.4, -0.2) is 22.3 Å². The Kier molecular flexibility index (Phi) is 3.27. The van der Waals surface area contributed by atoms with Gasteiger partial charge in [0.15, 0.2) is 0 Å². The van der Waals surface area contributed by atoms with Crippen LogP contribution in [-0.2, 0) is 0 Å². The van der Waals surface area contributed by atoms with E-state index in [4.69, 9.17) is 0 Å². The Balaban J connectivity index is 1.67. The molecule has 1 aromatic rings. The number of hydrogen-bond donors (Lipinski definition) is 1. The summed E-state index contributed by atoms with van der Waals surface area (Å²) in [6.45, 7) is 0. The van der Waals surface area contributed by atoms with Crippen molar-refractivity contribution in [3.63, 3.8) is 0 Å². The SMILES string of the molecule is N#CC(CSc1ccncc1)(NC1CC1)C1CC1. The van der Waals surface area contributed by atoms with Gasteiger partial charge in [-0.3, -0.25) is 10.3 Å². The molecule has 2 aliphatic rings. The summed E-state index contributed by atoms with van der Waals surface area (Å²) in [6.07, 6.45) is 8.48. The third-order valence-corrected chi connectivity index (χ3v) is 4.83. The number of hydrogen-bond acceptors (Lipinski definition) is 4. The van der Waals surface area contributed by atoms with Gasteiger partial charge in [0.05, 0.1) is 6.07 Å². The molecule has 1 unspecified atom stereocenters. The quantitative estimate of drug-likeness (QED) is 0.798. The Morgan fingerprint density at radius 3 is 2.61 bits per heavy atom. The van der Waals surface area contributed by atoms with Crippen LogP contribution in [0.2, 0.25) is 0 Å². The summed E-state index contributed by atoms with van der Waals surface area (Å²) < 4.78 is 0. The molecule has 1 atom stereocenters. The molecule has 4 heteroatoms. The van der Waals surface area contributed by atoms with E-state index in [1.165, 1.54) is 30.6 Å². The van der Waals surface area contributed by atoms with Crippen LogP contribution in [0.25, 0.3) is 0 Å². The van der Waals surface area contributed by atoms with Crippen molar-refractivity contribution in [1.29, 1.82) is 5.26 Å². The van der Waals surface area contributed by atoms with Crippen LogP contribution in [0.1, 0.15) is 25.7 Å². The topological polar surface area (TPSA) is 48.7 Å². The van der Waals surface area contributed by atoms with E-state index in [1.54, 1.807) is 11.8 Å². The smallest absolute Gasteiger partial charge is 0.119 e. The summed E-state index contributed by atoms with van der Waals surface area (Å²) in [5.41, 5.74) is -0.310. The Labute approximate surface area is 112 Å². The lowest BCUT2D eigenvalue weighted by molar-refractivity contribution is 0.401. The standard InChI is InChI=1S/C14H17N3S/c15-9-14(11-1-2-11,17-12-3-4-12)10-18-13-5-7-16-8-6-13/h5-8,11-12,17H,1-4,10H2. The van der Waals surface area contributed by atoms with Crippen molar-refractivity contribution in [1.82, 2.24) is 10.3 Å². The number of nitrogens with zero attached hydrogens (tertiary/aromatic N) is 2. The minimum atomic E-state index is -0.310. The third-order valence-electron chi connectivity index (χ3n) is 3.63. The average Bonchev–Trinajstić information content (AvgIpc) is 3.28. The normalized spacial score (nSPS) is 22.2. The monoisotopic (exact) mass is 259 g/mol. The zero-order valence-electron chi connectivity index (χ0n) is 10.3. The van der Waals surface area contributed by atoms with Gasteiger partial charge in [0.2, 0.25) is 0 Å². The van der Waals surface area contributed by atoms with E-state index < -0.39 is 0 Å². The number of rotatable bonds is 6. The van der Waals surface area contributed by atoms with Gasteiger partial charge in [0.1, 0.15) is 5.54 Å². The van der Waals surface area contributed by atoms with Gasteiger partial charge in [0, 0.05) is 29.1 Å². The van der Waals surface area contributed by atoms with E-state index in [1.807, 2.05) is 24.5 Å². The molecule has 2 aliphatic carbocycles. The molecule has 0 amide bonds. The second-order valence-corrected chi connectivity index (χ2v) is 6.30. The third kappa shape index (κ3) is 2.68. The number of thioether (sulfide) groups is 1. The molecular formula is C14H17N3S. The zero-order chi connectivity index (χ0) is 12.4. The number of pyridine rings is 1. The fraction of sp³-hybridized carbons (Fsp3) is 0.571. The molecule has 0 radical (unpaired) electrons. The maximum Gasteiger partial charge on any atom is 0.119 e. The molecule has 0 bridgehead atoms. The lowest BCUT2D eigenvalue weighted by Crippen LogP contribution is -2.49. The predicted molar refractivity (Wildman–Crippen MR) is 72.2 cm³/mol. The van der Waals surface area contributed by atoms with Gasteiger partial charge in [-0.2, -0.15) is 5.26 Å². The molecule has 0 aliphatic heterocycles. The van der Waals surface area contributed by atoms with E-state index in [9.17, 15) is 5.26 Å². The molecule has 2 saturated carbocycles. The maximum absolute atomic E-state index is 9.60. The number of aromatic nitrogens is 1. The summed E-state index contributed by atoms with van der Waals surface area (Å²) in [5.74, 6) is 1.40. The lowest BCUT2D eigenvalue weighted by atomic mass is 9.97. The Bertz CT molecular complexity index is 448. The highest BCUT2D eigenvalue weighted by molar-refractivity contribution is 7.99. The highest BCUT2D eigenvalue weighted by atomic mass is 32.2. The summed E-state index contributed by atoms with van der Waals surface area (Å²) in [4.78, 5) is 5.22. The highest BCUT2D eigenvalue weighted by Crippen LogP contribution is 2.43. The van der Waals surface area contributed by atoms with Gasteiger partial charge < -0.3 is 0 Å². The van der Waals surface area contributed by atoms with Crippen LogP contribution in [0.15, 0.2) is 29.4 Å². The van der Waals surface area contributed by atoms with Gasteiger partial charge in [-0.1, -0.05) is 0 Å². The van der Waals surface area contributed by atoms with Gasteiger partial charge in [-0.25, -0.2) is 0 Å². The van der Waals surface area contributed by atoms with E-state index in [-0.39, 0.29) is 5.54 Å². The zero-order valence-corrected chi connectivity index (χ0v) is 11.1. The van der Waals surface area contributed by atoms with Gasteiger partial charge in [0.25, 0.3) is 0 Å². The summed E-state index contributed by atoms with van der Waals surface area (Å²) in [6, 6.07) is 7.18. The lowest BCUT2D eigenvalue weighted by Gasteiger charge is -2.27. The summed E-state index contributed by atoms with van der Waals surface area (Å²) in [7, 11) is 0. The molecule has 1 heterocycles. The van der Waals surface area contributed by atoms with Crippen LogP contribution in [0.5, 0.6) is 0 Å². The van der Waals surface area contributed by atoms with Crippen LogP contribution < -0.4 is 5.32 Å². The molecule has 0 spiro atoms. The Morgan fingerprint density at radius 1 is 1.33 bits per heavy atom. The Morgan fingerprint density at radius 2 is 2.06 bits per heavy atom. The predicted octanol–water partition coefficient (Wildman–Crippen LogP) is 2.60. The maximum atomic E-state index is 9.60.